The van der Waals surface area contributed by atoms with Crippen LogP contribution >= 0.6 is 0 Å². The average Bonchev–Trinajstić information content (AvgIpc) is 3.12. The maximum atomic E-state index is 12.7. The molecule has 1 saturated heterocycles. The van der Waals surface area contributed by atoms with Crippen LogP contribution in [0.4, 0.5) is 0 Å². The summed E-state index contributed by atoms with van der Waals surface area (Å²) in [6.45, 7) is 8.65. The molecule has 0 radical (unpaired) electrons. The van der Waals surface area contributed by atoms with Gasteiger partial charge in [0.2, 0.25) is 0 Å². The van der Waals surface area contributed by atoms with Gasteiger partial charge in [-0.3, -0.25) is 13.9 Å². The topological polar surface area (TPSA) is 73.8 Å². The van der Waals surface area contributed by atoms with E-state index in [4.69, 9.17) is 0 Å². The first-order valence-corrected chi connectivity index (χ1v) is 7.95. The number of aromatic nitrogens is 4. The summed E-state index contributed by atoms with van der Waals surface area (Å²) in [5.74, 6) is 0.307. The smallest absolute Gasteiger partial charge is 0.320 e. The quantitative estimate of drug-likeness (QED) is 0.896. The van der Waals surface area contributed by atoms with E-state index in [1.165, 1.54) is 4.57 Å². The summed E-state index contributed by atoms with van der Waals surface area (Å²) in [6.07, 6.45) is 2.68. The summed E-state index contributed by atoms with van der Waals surface area (Å²) in [5.41, 5.74) is 0.575. The van der Waals surface area contributed by atoms with Crippen molar-refractivity contribution in [1.82, 2.24) is 24.0 Å². The van der Waals surface area contributed by atoms with Crippen LogP contribution in [0.15, 0.2) is 15.9 Å². The van der Waals surface area contributed by atoms with Crippen LogP contribution in [0.5, 0.6) is 0 Å². The van der Waals surface area contributed by atoms with Gasteiger partial charge in [-0.2, -0.15) is 0 Å². The van der Waals surface area contributed by atoms with Crippen LogP contribution in [0.3, 0.4) is 0 Å². The second-order valence-corrected chi connectivity index (χ2v) is 6.31. The highest BCUT2D eigenvalue weighted by molar-refractivity contribution is 5.70. The minimum atomic E-state index is -0.261. The molecule has 3 heterocycles. The normalized spacial score (nSPS) is 18.6. The molecule has 1 atom stereocenters. The molecule has 0 bridgehead atoms. The molecule has 1 aliphatic rings. The van der Waals surface area contributed by atoms with Gasteiger partial charge in [0.25, 0.3) is 5.56 Å². The van der Waals surface area contributed by atoms with Gasteiger partial charge in [-0.25, -0.2) is 9.78 Å². The van der Waals surface area contributed by atoms with Crippen molar-refractivity contribution >= 4 is 11.2 Å². The first-order valence-electron chi connectivity index (χ1n) is 7.95. The van der Waals surface area contributed by atoms with E-state index in [0.717, 1.165) is 19.5 Å². The molecule has 1 aliphatic heterocycles. The number of fused-ring (bicyclic) bond motifs is 1. The van der Waals surface area contributed by atoms with Gasteiger partial charge in [0, 0.05) is 25.7 Å². The molecule has 3 rings (SSSR count). The van der Waals surface area contributed by atoms with Gasteiger partial charge in [0.05, 0.1) is 6.33 Å². The maximum Gasteiger partial charge on any atom is 0.332 e. The van der Waals surface area contributed by atoms with Gasteiger partial charge in [0.15, 0.2) is 11.2 Å². The Balaban J connectivity index is 2.31. The Morgan fingerprint density at radius 1 is 1.36 bits per heavy atom. The summed E-state index contributed by atoms with van der Waals surface area (Å²) in [7, 11) is 0. The summed E-state index contributed by atoms with van der Waals surface area (Å²) in [5, 5.41) is 3.31. The SMILES string of the molecule is CCn1c(=O)c2c(ncn2C2CCNC2)n(CC(C)C)c1=O. The van der Waals surface area contributed by atoms with Crippen LogP contribution in [0.25, 0.3) is 11.2 Å². The molecule has 0 spiro atoms. The highest BCUT2D eigenvalue weighted by atomic mass is 16.2. The maximum absolute atomic E-state index is 12.7. The van der Waals surface area contributed by atoms with Crippen LogP contribution in [0.2, 0.25) is 0 Å². The largest absolute Gasteiger partial charge is 0.332 e. The van der Waals surface area contributed by atoms with Crippen LogP contribution in [-0.4, -0.2) is 31.8 Å². The predicted molar refractivity (Wildman–Crippen MR) is 85.3 cm³/mol. The van der Waals surface area contributed by atoms with Crippen molar-refractivity contribution in [3.8, 4) is 0 Å². The third kappa shape index (κ3) is 2.29. The van der Waals surface area contributed by atoms with Crippen molar-refractivity contribution < 1.29 is 0 Å². The summed E-state index contributed by atoms with van der Waals surface area (Å²) >= 11 is 0. The van der Waals surface area contributed by atoms with Crippen molar-refractivity contribution in [2.24, 2.45) is 5.92 Å². The number of rotatable bonds is 4. The lowest BCUT2D eigenvalue weighted by Gasteiger charge is -2.15. The first-order chi connectivity index (χ1) is 10.5. The zero-order valence-corrected chi connectivity index (χ0v) is 13.4. The Kier molecular flexibility index (Phi) is 3.90. The van der Waals surface area contributed by atoms with E-state index in [-0.39, 0.29) is 17.3 Å². The van der Waals surface area contributed by atoms with Crippen LogP contribution in [-0.2, 0) is 13.1 Å². The molecule has 1 unspecified atom stereocenters. The van der Waals surface area contributed by atoms with Crippen LogP contribution in [0, 0.1) is 5.92 Å². The fourth-order valence-corrected chi connectivity index (χ4v) is 3.17. The highest BCUT2D eigenvalue weighted by Gasteiger charge is 2.23. The third-order valence-corrected chi connectivity index (χ3v) is 4.23. The molecule has 7 nitrogen and oxygen atoms in total. The van der Waals surface area contributed by atoms with Crippen LogP contribution < -0.4 is 16.6 Å². The molecule has 1 N–H and O–H groups in total. The van der Waals surface area contributed by atoms with Crippen molar-refractivity contribution in [2.75, 3.05) is 13.1 Å². The number of nitrogens with one attached hydrogen (secondary N) is 1. The van der Waals surface area contributed by atoms with Crippen LogP contribution in [0.1, 0.15) is 33.2 Å². The van der Waals surface area contributed by atoms with E-state index >= 15 is 0 Å². The Labute approximate surface area is 128 Å². The average molecular weight is 305 g/mol. The Hall–Kier alpha value is -1.89. The van der Waals surface area contributed by atoms with E-state index in [9.17, 15) is 9.59 Å². The lowest BCUT2D eigenvalue weighted by atomic mass is 10.2. The van der Waals surface area contributed by atoms with Crippen molar-refractivity contribution in [1.29, 1.82) is 0 Å². The number of hydrogen-bond donors (Lipinski definition) is 1. The fraction of sp³-hybridized carbons (Fsp3) is 0.667. The Morgan fingerprint density at radius 2 is 2.14 bits per heavy atom. The molecule has 0 aliphatic carbocycles. The van der Waals surface area contributed by atoms with E-state index < -0.39 is 0 Å². The van der Waals surface area contributed by atoms with Gasteiger partial charge < -0.3 is 9.88 Å². The molecule has 2 aromatic heterocycles. The number of hydrogen-bond acceptors (Lipinski definition) is 4. The monoisotopic (exact) mass is 305 g/mol. The number of nitrogens with zero attached hydrogens (tertiary/aromatic N) is 4. The molecule has 0 aromatic carbocycles. The molecule has 2 aromatic rings. The van der Waals surface area contributed by atoms with Crippen molar-refractivity contribution in [3.63, 3.8) is 0 Å². The molecular formula is C15H23N5O2. The second kappa shape index (κ2) is 5.72. The third-order valence-electron chi connectivity index (χ3n) is 4.23. The summed E-state index contributed by atoms with van der Waals surface area (Å²) in [4.78, 5) is 29.7. The lowest BCUT2D eigenvalue weighted by Crippen LogP contribution is -2.41. The summed E-state index contributed by atoms with van der Waals surface area (Å²) in [6, 6.07) is 0.230. The lowest BCUT2D eigenvalue weighted by molar-refractivity contribution is 0.489. The van der Waals surface area contributed by atoms with E-state index in [0.29, 0.717) is 30.2 Å². The van der Waals surface area contributed by atoms with E-state index in [2.05, 4.69) is 24.1 Å². The Morgan fingerprint density at radius 3 is 2.73 bits per heavy atom. The molecular weight excluding hydrogens is 282 g/mol. The minimum absolute atomic E-state index is 0.230. The van der Waals surface area contributed by atoms with E-state index in [1.807, 2.05) is 11.5 Å². The molecule has 7 heteroatoms. The van der Waals surface area contributed by atoms with Gasteiger partial charge in [0.1, 0.15) is 0 Å². The zero-order valence-electron chi connectivity index (χ0n) is 13.4. The predicted octanol–water partition coefficient (Wildman–Crippen LogP) is 0.570. The minimum Gasteiger partial charge on any atom is -0.320 e. The molecule has 120 valence electrons. The van der Waals surface area contributed by atoms with Crippen molar-refractivity contribution in [2.45, 2.75) is 46.3 Å². The standard InChI is InChI=1S/C15H23N5O2/c1-4-18-14(21)12-13(19(15(18)22)8-10(2)3)17-9-20(12)11-5-6-16-7-11/h9-11,16H,4-8H2,1-3H3. The fourth-order valence-electron chi connectivity index (χ4n) is 3.17. The van der Waals surface area contributed by atoms with E-state index in [1.54, 1.807) is 10.9 Å². The van der Waals surface area contributed by atoms with Gasteiger partial charge in [-0.05, 0) is 25.8 Å². The molecule has 0 saturated carbocycles. The van der Waals surface area contributed by atoms with Gasteiger partial charge in [-0.1, -0.05) is 13.8 Å². The molecule has 1 fully saturated rings. The van der Waals surface area contributed by atoms with Crippen molar-refractivity contribution in [3.05, 3.63) is 27.2 Å². The van der Waals surface area contributed by atoms with Gasteiger partial charge in [-0.15, -0.1) is 0 Å². The Bertz CT molecular complexity index is 793. The van der Waals surface area contributed by atoms with Gasteiger partial charge >= 0.3 is 5.69 Å². The first kappa shape index (κ1) is 15.0. The molecule has 0 amide bonds. The second-order valence-electron chi connectivity index (χ2n) is 6.31. The zero-order chi connectivity index (χ0) is 15.9. The summed E-state index contributed by atoms with van der Waals surface area (Å²) < 4.78 is 4.90. The number of imidazole rings is 1. The molecule has 22 heavy (non-hydrogen) atoms. The highest BCUT2D eigenvalue weighted by Crippen LogP contribution is 2.19.